The van der Waals surface area contributed by atoms with Crippen molar-refractivity contribution in [2.75, 3.05) is 6.61 Å². The SMILES string of the molecule is CCOC(=O)c1[nH]c2cc(C)[nH]c2c1C. The van der Waals surface area contributed by atoms with Crippen molar-refractivity contribution in [1.82, 2.24) is 9.97 Å². The van der Waals surface area contributed by atoms with E-state index in [0.717, 1.165) is 22.3 Å². The fourth-order valence-electron chi connectivity index (χ4n) is 1.74. The summed E-state index contributed by atoms with van der Waals surface area (Å²) in [6, 6.07) is 1.98. The number of hydrogen-bond acceptors (Lipinski definition) is 2. The van der Waals surface area contributed by atoms with Crippen molar-refractivity contribution < 1.29 is 9.53 Å². The first-order valence-corrected chi connectivity index (χ1v) is 4.98. The number of carbonyl (C=O) groups is 1. The van der Waals surface area contributed by atoms with Gasteiger partial charge in [-0.15, -0.1) is 0 Å². The first kappa shape index (κ1) is 9.83. The molecule has 2 aromatic heterocycles. The Hall–Kier alpha value is -1.71. The molecule has 4 nitrogen and oxygen atoms in total. The maximum Gasteiger partial charge on any atom is 0.355 e. The smallest absolute Gasteiger partial charge is 0.355 e. The van der Waals surface area contributed by atoms with Crippen LogP contribution >= 0.6 is 0 Å². The second kappa shape index (κ2) is 3.46. The molecule has 0 aliphatic heterocycles. The summed E-state index contributed by atoms with van der Waals surface area (Å²) < 4.78 is 4.95. The minimum atomic E-state index is -0.294. The van der Waals surface area contributed by atoms with E-state index < -0.39 is 0 Å². The Balaban J connectivity index is 2.49. The first-order valence-electron chi connectivity index (χ1n) is 4.98. The molecule has 80 valence electrons. The molecular weight excluding hydrogens is 192 g/mol. The van der Waals surface area contributed by atoms with Crippen LogP contribution in [0.25, 0.3) is 11.0 Å². The predicted molar refractivity (Wildman–Crippen MR) is 58.1 cm³/mol. The van der Waals surface area contributed by atoms with Crippen LogP contribution in [-0.4, -0.2) is 22.5 Å². The molecule has 2 heterocycles. The Morgan fingerprint density at radius 3 is 2.73 bits per heavy atom. The van der Waals surface area contributed by atoms with Gasteiger partial charge in [-0.25, -0.2) is 4.79 Å². The second-order valence-corrected chi connectivity index (χ2v) is 3.59. The molecule has 0 atom stereocenters. The number of fused-ring (bicyclic) bond motifs is 1. The first-order chi connectivity index (χ1) is 7.13. The molecule has 2 rings (SSSR count). The zero-order valence-corrected chi connectivity index (χ0v) is 9.10. The van der Waals surface area contributed by atoms with Crippen LogP contribution in [0.15, 0.2) is 6.07 Å². The Bertz CT molecular complexity index is 508. The van der Waals surface area contributed by atoms with Crippen LogP contribution in [0.5, 0.6) is 0 Å². The van der Waals surface area contributed by atoms with Gasteiger partial charge in [0.05, 0.1) is 17.6 Å². The summed E-state index contributed by atoms with van der Waals surface area (Å²) in [4.78, 5) is 17.8. The molecule has 0 radical (unpaired) electrons. The van der Waals surface area contributed by atoms with Crippen LogP contribution in [0.4, 0.5) is 0 Å². The number of esters is 1. The van der Waals surface area contributed by atoms with Gasteiger partial charge in [-0.3, -0.25) is 0 Å². The van der Waals surface area contributed by atoms with E-state index in [1.807, 2.05) is 19.9 Å². The molecule has 0 saturated heterocycles. The van der Waals surface area contributed by atoms with Crippen LogP contribution in [0.2, 0.25) is 0 Å². The van der Waals surface area contributed by atoms with Gasteiger partial charge in [0, 0.05) is 11.3 Å². The van der Waals surface area contributed by atoms with Crippen molar-refractivity contribution in [2.45, 2.75) is 20.8 Å². The highest BCUT2D eigenvalue weighted by atomic mass is 16.5. The van der Waals surface area contributed by atoms with Crippen LogP contribution in [0, 0.1) is 13.8 Å². The van der Waals surface area contributed by atoms with Crippen molar-refractivity contribution in [3.63, 3.8) is 0 Å². The van der Waals surface area contributed by atoms with Crippen LogP contribution in [0.3, 0.4) is 0 Å². The molecule has 0 bridgehead atoms. The van der Waals surface area contributed by atoms with Crippen LogP contribution < -0.4 is 0 Å². The van der Waals surface area contributed by atoms with Crippen LogP contribution in [0.1, 0.15) is 28.7 Å². The second-order valence-electron chi connectivity index (χ2n) is 3.59. The standard InChI is InChI=1S/C11H14N2O2/c1-4-15-11(14)10-7(3)9-8(13-10)5-6(2)12-9/h5,12-13H,4H2,1-3H3. The summed E-state index contributed by atoms with van der Waals surface area (Å²) in [5.41, 5.74) is 4.47. The van der Waals surface area contributed by atoms with E-state index >= 15 is 0 Å². The maximum atomic E-state index is 11.6. The molecule has 0 amide bonds. The molecule has 0 unspecified atom stereocenters. The van der Waals surface area contributed by atoms with Crippen molar-refractivity contribution in [1.29, 1.82) is 0 Å². The number of hydrogen-bond donors (Lipinski definition) is 2. The van der Waals surface area contributed by atoms with E-state index in [-0.39, 0.29) is 5.97 Å². The minimum absolute atomic E-state index is 0.294. The highest BCUT2D eigenvalue weighted by molar-refractivity contribution is 5.97. The zero-order valence-electron chi connectivity index (χ0n) is 9.10. The molecule has 0 fully saturated rings. The van der Waals surface area contributed by atoms with Crippen molar-refractivity contribution in [2.24, 2.45) is 0 Å². The van der Waals surface area contributed by atoms with Gasteiger partial charge in [0.2, 0.25) is 0 Å². The lowest BCUT2D eigenvalue weighted by Crippen LogP contribution is -2.06. The van der Waals surface area contributed by atoms with Gasteiger partial charge in [0.25, 0.3) is 0 Å². The van der Waals surface area contributed by atoms with Gasteiger partial charge in [-0.1, -0.05) is 0 Å². The molecule has 15 heavy (non-hydrogen) atoms. The fourth-order valence-corrected chi connectivity index (χ4v) is 1.74. The number of H-pyrrole nitrogens is 2. The van der Waals surface area contributed by atoms with Crippen molar-refractivity contribution in [3.05, 3.63) is 23.0 Å². The third kappa shape index (κ3) is 1.52. The number of aromatic amines is 2. The molecule has 2 aromatic rings. The third-order valence-electron chi connectivity index (χ3n) is 2.44. The van der Waals surface area contributed by atoms with Crippen LogP contribution in [-0.2, 0) is 4.74 Å². The number of nitrogens with one attached hydrogen (secondary N) is 2. The summed E-state index contributed by atoms with van der Waals surface area (Å²) in [7, 11) is 0. The van der Waals surface area contributed by atoms with E-state index in [0.29, 0.717) is 12.3 Å². The Kier molecular flexibility index (Phi) is 2.26. The number of aryl methyl sites for hydroxylation is 2. The lowest BCUT2D eigenvalue weighted by molar-refractivity contribution is 0.0519. The average molecular weight is 206 g/mol. The van der Waals surface area contributed by atoms with E-state index in [2.05, 4.69) is 9.97 Å². The van der Waals surface area contributed by atoms with Gasteiger partial charge in [0.15, 0.2) is 0 Å². The van der Waals surface area contributed by atoms with E-state index in [4.69, 9.17) is 4.74 Å². The number of carbonyl (C=O) groups excluding carboxylic acids is 1. The van der Waals surface area contributed by atoms with E-state index in [1.54, 1.807) is 6.92 Å². The number of rotatable bonds is 2. The Labute approximate surface area is 87.6 Å². The molecule has 4 heteroatoms. The van der Waals surface area contributed by atoms with E-state index in [1.165, 1.54) is 0 Å². The largest absolute Gasteiger partial charge is 0.461 e. The molecular formula is C11H14N2O2. The predicted octanol–water partition coefficient (Wildman–Crippen LogP) is 2.29. The van der Waals surface area contributed by atoms with Gasteiger partial charge < -0.3 is 14.7 Å². The fraction of sp³-hybridized carbons (Fsp3) is 0.364. The zero-order chi connectivity index (χ0) is 11.0. The van der Waals surface area contributed by atoms with Crippen molar-refractivity contribution in [3.8, 4) is 0 Å². The molecule has 0 spiro atoms. The summed E-state index contributed by atoms with van der Waals surface area (Å²) >= 11 is 0. The normalized spacial score (nSPS) is 10.9. The number of aromatic nitrogens is 2. The Morgan fingerprint density at radius 1 is 1.40 bits per heavy atom. The maximum absolute atomic E-state index is 11.6. The van der Waals surface area contributed by atoms with Gasteiger partial charge in [-0.05, 0) is 26.8 Å². The third-order valence-corrected chi connectivity index (χ3v) is 2.44. The molecule has 0 aromatic carbocycles. The number of ether oxygens (including phenoxy) is 1. The minimum Gasteiger partial charge on any atom is -0.461 e. The van der Waals surface area contributed by atoms with E-state index in [9.17, 15) is 4.79 Å². The topological polar surface area (TPSA) is 57.9 Å². The van der Waals surface area contributed by atoms with Gasteiger partial charge in [-0.2, -0.15) is 0 Å². The Morgan fingerprint density at radius 2 is 2.13 bits per heavy atom. The monoisotopic (exact) mass is 206 g/mol. The van der Waals surface area contributed by atoms with Gasteiger partial charge >= 0.3 is 5.97 Å². The summed E-state index contributed by atoms with van der Waals surface area (Å²) in [5.74, 6) is -0.294. The molecule has 2 N–H and O–H groups in total. The summed E-state index contributed by atoms with van der Waals surface area (Å²) in [5, 5.41) is 0. The summed E-state index contributed by atoms with van der Waals surface area (Å²) in [6.45, 7) is 6.08. The molecule has 0 saturated carbocycles. The highest BCUT2D eigenvalue weighted by Crippen LogP contribution is 2.22. The molecule has 0 aliphatic rings. The lowest BCUT2D eigenvalue weighted by atomic mass is 10.2. The average Bonchev–Trinajstić information content (AvgIpc) is 2.66. The quantitative estimate of drug-likeness (QED) is 0.740. The lowest BCUT2D eigenvalue weighted by Gasteiger charge is -1.99. The highest BCUT2D eigenvalue weighted by Gasteiger charge is 2.16. The summed E-state index contributed by atoms with van der Waals surface area (Å²) in [6.07, 6.45) is 0. The van der Waals surface area contributed by atoms with Crippen molar-refractivity contribution >= 4 is 17.0 Å². The van der Waals surface area contributed by atoms with Gasteiger partial charge in [0.1, 0.15) is 5.69 Å². The molecule has 0 aliphatic carbocycles.